The SMILES string of the molecule is CC1(C)c2ccccc2-c2ccc(-c3nc(-c4cccc(-c5cccc(-c6cc(-c7ccc8oc9ccc%10ccccc%10c9c8c7)nc(-c7ccccc7)n6)c5)c4)nc(-c4ccc5c(c4)C(C)(C)c4ccccc4-5)n3)cc21. The molecular formula is C71H49N5O. The van der Waals surface area contributed by atoms with E-state index in [0.29, 0.717) is 23.3 Å². The molecule has 10 aromatic carbocycles. The van der Waals surface area contributed by atoms with Crippen LogP contribution in [0.25, 0.3) is 134 Å². The van der Waals surface area contributed by atoms with E-state index in [1.807, 2.05) is 18.2 Å². The number of furan rings is 1. The fourth-order valence-electron chi connectivity index (χ4n) is 12.3. The van der Waals surface area contributed by atoms with Gasteiger partial charge in [-0.15, -0.1) is 0 Å². The average Bonchev–Trinajstić information content (AvgIpc) is 4.22. The van der Waals surface area contributed by atoms with Crippen molar-refractivity contribution in [2.75, 3.05) is 0 Å². The normalized spacial score (nSPS) is 13.7. The first-order valence-electron chi connectivity index (χ1n) is 26.4. The Labute approximate surface area is 446 Å². The Kier molecular flexibility index (Phi) is 9.85. The lowest BCUT2D eigenvalue weighted by Crippen LogP contribution is -2.15. The molecular weight excluding hydrogens is 939 g/mol. The maximum atomic E-state index is 6.40. The molecule has 0 spiro atoms. The summed E-state index contributed by atoms with van der Waals surface area (Å²) in [7, 11) is 0. The highest BCUT2D eigenvalue weighted by atomic mass is 16.3. The first-order chi connectivity index (χ1) is 37.6. The molecule has 0 amide bonds. The van der Waals surface area contributed by atoms with E-state index in [1.165, 1.54) is 49.9 Å². The van der Waals surface area contributed by atoms with Crippen LogP contribution in [-0.4, -0.2) is 24.9 Å². The topological polar surface area (TPSA) is 77.6 Å². The van der Waals surface area contributed by atoms with Gasteiger partial charge in [-0.05, 0) is 121 Å². The third-order valence-electron chi connectivity index (χ3n) is 16.3. The fourth-order valence-corrected chi connectivity index (χ4v) is 12.3. The van der Waals surface area contributed by atoms with Gasteiger partial charge in [0, 0.05) is 55.0 Å². The van der Waals surface area contributed by atoms with Crippen molar-refractivity contribution in [1.82, 2.24) is 24.9 Å². The molecule has 0 atom stereocenters. The van der Waals surface area contributed by atoms with Crippen LogP contribution in [0, 0.1) is 0 Å². The van der Waals surface area contributed by atoms with Crippen molar-refractivity contribution in [3.05, 3.63) is 247 Å². The number of aromatic nitrogens is 5. The Morgan fingerprint density at radius 2 is 0.740 bits per heavy atom. The maximum Gasteiger partial charge on any atom is 0.164 e. The van der Waals surface area contributed by atoms with Crippen LogP contribution in [0.4, 0.5) is 0 Å². The highest BCUT2D eigenvalue weighted by molar-refractivity contribution is 6.19. The number of nitrogens with zero attached hydrogens (tertiary/aromatic N) is 5. The van der Waals surface area contributed by atoms with Crippen LogP contribution >= 0.6 is 0 Å². The predicted octanol–water partition coefficient (Wildman–Crippen LogP) is 18.0. The Balaban J connectivity index is 0.841. The quantitative estimate of drug-likeness (QED) is 0.158. The monoisotopic (exact) mass is 987 g/mol. The van der Waals surface area contributed by atoms with Crippen molar-refractivity contribution < 1.29 is 4.42 Å². The zero-order valence-corrected chi connectivity index (χ0v) is 43.0. The van der Waals surface area contributed by atoms with Crippen LogP contribution in [-0.2, 0) is 10.8 Å². The van der Waals surface area contributed by atoms with Crippen molar-refractivity contribution in [2.24, 2.45) is 0 Å². The van der Waals surface area contributed by atoms with Gasteiger partial charge in [-0.1, -0.05) is 198 Å². The van der Waals surface area contributed by atoms with Crippen LogP contribution in [0.5, 0.6) is 0 Å². The predicted molar refractivity (Wildman–Crippen MR) is 313 cm³/mol. The molecule has 13 aromatic rings. The summed E-state index contributed by atoms with van der Waals surface area (Å²) in [6, 6.07) is 79.5. The van der Waals surface area contributed by atoms with Crippen molar-refractivity contribution in [3.63, 3.8) is 0 Å². The van der Waals surface area contributed by atoms with Gasteiger partial charge < -0.3 is 4.42 Å². The molecule has 0 N–H and O–H groups in total. The molecule has 0 bridgehead atoms. The summed E-state index contributed by atoms with van der Waals surface area (Å²) in [6.07, 6.45) is 0. The summed E-state index contributed by atoms with van der Waals surface area (Å²) < 4.78 is 6.40. The standard InChI is InChI=1S/C71H49N5O/c1-70(2)57-26-12-10-24-52(57)54-32-28-49(39-59(54)70)68-74-67(75-69(76-68)50-29-33-55-53-25-11-13-27-58(53)71(3,4)60(55)40-50)48-22-15-20-45(37-48)44-19-14-21-46(36-44)61-41-62(73-66(72-61)43-17-6-5-7-18-43)47-31-34-63-56(38-47)65-51-23-9-8-16-42(51)30-35-64(65)77-63/h5-41H,1-4H3. The first kappa shape index (κ1) is 44.8. The van der Waals surface area contributed by atoms with E-state index in [1.54, 1.807) is 0 Å². The van der Waals surface area contributed by atoms with Crippen LogP contribution in [0.1, 0.15) is 49.9 Å². The summed E-state index contributed by atoms with van der Waals surface area (Å²) in [4.78, 5) is 26.5. The zero-order valence-electron chi connectivity index (χ0n) is 43.0. The van der Waals surface area contributed by atoms with Crippen LogP contribution in [0.3, 0.4) is 0 Å². The molecule has 6 nitrogen and oxygen atoms in total. The maximum absolute atomic E-state index is 6.40. The van der Waals surface area contributed by atoms with E-state index in [-0.39, 0.29) is 10.8 Å². The molecule has 0 saturated heterocycles. The van der Waals surface area contributed by atoms with E-state index >= 15 is 0 Å². The molecule has 0 aliphatic heterocycles. The van der Waals surface area contributed by atoms with Gasteiger partial charge in [0.1, 0.15) is 11.2 Å². The smallest absolute Gasteiger partial charge is 0.164 e. The van der Waals surface area contributed by atoms with Gasteiger partial charge in [0.15, 0.2) is 23.3 Å². The van der Waals surface area contributed by atoms with Crippen molar-refractivity contribution in [1.29, 1.82) is 0 Å². The number of fused-ring (bicyclic) bond motifs is 11. The van der Waals surface area contributed by atoms with Crippen molar-refractivity contribution in [2.45, 2.75) is 38.5 Å². The second-order valence-electron chi connectivity index (χ2n) is 21.6. The minimum atomic E-state index is -0.180. The van der Waals surface area contributed by atoms with Gasteiger partial charge >= 0.3 is 0 Å². The minimum Gasteiger partial charge on any atom is -0.456 e. The minimum absolute atomic E-state index is 0.180. The summed E-state index contributed by atoms with van der Waals surface area (Å²) >= 11 is 0. The van der Waals surface area contributed by atoms with Gasteiger partial charge in [0.25, 0.3) is 0 Å². The van der Waals surface area contributed by atoms with Gasteiger partial charge in [0.2, 0.25) is 0 Å². The van der Waals surface area contributed by atoms with Crippen molar-refractivity contribution >= 4 is 32.7 Å². The summed E-state index contributed by atoms with van der Waals surface area (Å²) in [5, 5.41) is 4.50. The lowest BCUT2D eigenvalue weighted by Gasteiger charge is -2.22. The van der Waals surface area contributed by atoms with E-state index < -0.39 is 0 Å². The molecule has 364 valence electrons. The Morgan fingerprint density at radius 1 is 0.286 bits per heavy atom. The molecule has 0 saturated carbocycles. The molecule has 2 aliphatic rings. The Bertz CT molecular complexity index is 4460. The lowest BCUT2D eigenvalue weighted by molar-refractivity contribution is 0.660. The second-order valence-corrected chi connectivity index (χ2v) is 21.6. The lowest BCUT2D eigenvalue weighted by atomic mass is 9.82. The van der Waals surface area contributed by atoms with E-state index in [4.69, 9.17) is 29.3 Å². The van der Waals surface area contributed by atoms with E-state index in [9.17, 15) is 0 Å². The highest BCUT2D eigenvalue weighted by Crippen LogP contribution is 2.51. The molecule has 77 heavy (non-hydrogen) atoms. The number of hydrogen-bond acceptors (Lipinski definition) is 6. The third-order valence-corrected chi connectivity index (χ3v) is 16.3. The fraction of sp³-hybridized carbons (Fsp3) is 0.0845. The second kappa shape index (κ2) is 16.9. The van der Waals surface area contributed by atoms with Gasteiger partial charge in [-0.3, -0.25) is 0 Å². The Hall–Kier alpha value is -9.65. The van der Waals surface area contributed by atoms with E-state index in [0.717, 1.165) is 83.2 Å². The largest absolute Gasteiger partial charge is 0.456 e. The molecule has 0 fully saturated rings. The van der Waals surface area contributed by atoms with Crippen LogP contribution < -0.4 is 0 Å². The first-order valence-corrected chi connectivity index (χ1v) is 26.4. The summed E-state index contributed by atoms with van der Waals surface area (Å²) in [5.41, 5.74) is 21.1. The molecule has 0 radical (unpaired) electrons. The van der Waals surface area contributed by atoms with Gasteiger partial charge in [0.05, 0.1) is 11.4 Å². The summed E-state index contributed by atoms with van der Waals surface area (Å²) in [5.74, 6) is 2.54. The van der Waals surface area contributed by atoms with Gasteiger partial charge in [-0.25, -0.2) is 24.9 Å². The number of hydrogen-bond donors (Lipinski definition) is 0. The van der Waals surface area contributed by atoms with Gasteiger partial charge in [-0.2, -0.15) is 0 Å². The molecule has 6 heteroatoms. The molecule has 2 aliphatic carbocycles. The van der Waals surface area contributed by atoms with E-state index in [2.05, 4.69) is 234 Å². The molecule has 0 unspecified atom stereocenters. The number of rotatable bonds is 7. The average molecular weight is 988 g/mol. The van der Waals surface area contributed by atoms with Crippen LogP contribution in [0.2, 0.25) is 0 Å². The van der Waals surface area contributed by atoms with Crippen LogP contribution in [0.15, 0.2) is 229 Å². The zero-order chi connectivity index (χ0) is 51.6. The molecule has 3 aromatic heterocycles. The summed E-state index contributed by atoms with van der Waals surface area (Å²) in [6.45, 7) is 9.25. The third kappa shape index (κ3) is 7.20. The Morgan fingerprint density at radius 3 is 1.38 bits per heavy atom. The van der Waals surface area contributed by atoms with Crippen molar-refractivity contribution in [3.8, 4) is 101 Å². The molecule has 3 heterocycles. The molecule has 15 rings (SSSR count). The highest BCUT2D eigenvalue weighted by Gasteiger charge is 2.37. The number of benzene rings is 10.